The van der Waals surface area contributed by atoms with Crippen LogP contribution in [0.2, 0.25) is 0 Å². The van der Waals surface area contributed by atoms with Crippen molar-refractivity contribution in [3.63, 3.8) is 0 Å². The molecule has 0 saturated carbocycles. The van der Waals surface area contributed by atoms with E-state index >= 15 is 0 Å². The summed E-state index contributed by atoms with van der Waals surface area (Å²) in [4.78, 5) is 3.84. The van der Waals surface area contributed by atoms with Crippen LogP contribution in [0.3, 0.4) is 0 Å². The summed E-state index contributed by atoms with van der Waals surface area (Å²) in [5.41, 5.74) is 0. The number of nitrogens with zero attached hydrogens (tertiary/aromatic N) is 2. The average Bonchev–Trinajstić information content (AvgIpc) is 2.81. The highest BCUT2D eigenvalue weighted by atomic mass is 79.9. The van der Waals surface area contributed by atoms with Crippen molar-refractivity contribution < 1.29 is 17.5 Å². The second-order valence-electron chi connectivity index (χ2n) is 4.48. The lowest BCUT2D eigenvalue weighted by atomic mass is 10.3. The molecule has 1 N–H and O–H groups in total. The molecular weight excluding hydrogens is 377 g/mol. The van der Waals surface area contributed by atoms with Crippen LogP contribution in [0.4, 0.5) is 4.39 Å². The number of benzene rings is 1. The van der Waals surface area contributed by atoms with E-state index in [0.29, 0.717) is 23.4 Å². The number of rotatable bonds is 7. The number of imidazole rings is 1. The normalized spacial score (nSPS) is 11.6. The first kappa shape index (κ1) is 16.9. The van der Waals surface area contributed by atoms with E-state index in [1.54, 1.807) is 7.05 Å². The van der Waals surface area contributed by atoms with E-state index in [2.05, 4.69) is 25.6 Å². The van der Waals surface area contributed by atoms with Gasteiger partial charge < -0.3 is 9.30 Å². The van der Waals surface area contributed by atoms with E-state index < -0.39 is 10.0 Å². The zero-order valence-corrected chi connectivity index (χ0v) is 14.2. The monoisotopic (exact) mass is 391 g/mol. The minimum Gasteiger partial charge on any atom is -0.494 e. The highest BCUT2D eigenvalue weighted by Gasteiger charge is 2.20. The molecule has 2 aromatic rings. The SMILES string of the molecule is Cn1c(Br)cnc1S(=O)(=O)NCCCOc1ccc(F)cc1. The number of halogens is 2. The first-order chi connectivity index (χ1) is 10.4. The summed E-state index contributed by atoms with van der Waals surface area (Å²) in [6.45, 7) is 0.534. The van der Waals surface area contributed by atoms with Gasteiger partial charge in [0.15, 0.2) is 0 Å². The lowest BCUT2D eigenvalue weighted by molar-refractivity contribution is 0.311. The second kappa shape index (κ2) is 7.21. The average molecular weight is 392 g/mol. The van der Waals surface area contributed by atoms with Crippen LogP contribution in [0, 0.1) is 5.82 Å². The van der Waals surface area contributed by atoms with Crippen molar-refractivity contribution in [1.29, 1.82) is 0 Å². The lowest BCUT2D eigenvalue weighted by Gasteiger charge is -2.08. The summed E-state index contributed by atoms with van der Waals surface area (Å²) in [5, 5.41) is -0.0566. The van der Waals surface area contributed by atoms with Crippen molar-refractivity contribution in [3.05, 3.63) is 40.9 Å². The standard InChI is InChI=1S/C13H15BrFN3O3S/c1-18-12(14)9-16-13(18)22(19,20)17-7-2-8-21-11-5-3-10(15)4-6-11/h3-6,9,17H,2,7-8H2,1H3. The van der Waals surface area contributed by atoms with E-state index in [9.17, 15) is 12.8 Å². The predicted octanol–water partition coefficient (Wildman–Crippen LogP) is 2.07. The Morgan fingerprint density at radius 2 is 2.05 bits per heavy atom. The van der Waals surface area contributed by atoms with Crippen molar-refractivity contribution >= 4 is 26.0 Å². The fourth-order valence-corrected chi connectivity index (χ4v) is 3.27. The van der Waals surface area contributed by atoms with Crippen molar-refractivity contribution in [1.82, 2.24) is 14.3 Å². The number of aromatic nitrogens is 2. The molecule has 0 aliphatic heterocycles. The van der Waals surface area contributed by atoms with Gasteiger partial charge in [0.25, 0.3) is 10.0 Å². The third-order valence-corrected chi connectivity index (χ3v) is 5.01. The van der Waals surface area contributed by atoms with Gasteiger partial charge in [0.1, 0.15) is 16.2 Å². The topological polar surface area (TPSA) is 73.2 Å². The smallest absolute Gasteiger partial charge is 0.274 e. The number of hydrogen-bond acceptors (Lipinski definition) is 4. The van der Waals surface area contributed by atoms with Crippen molar-refractivity contribution in [2.24, 2.45) is 7.05 Å². The molecule has 0 atom stereocenters. The number of sulfonamides is 1. The molecule has 0 bridgehead atoms. The van der Waals surface area contributed by atoms with E-state index in [1.165, 1.54) is 35.0 Å². The Balaban J connectivity index is 1.78. The molecule has 120 valence electrons. The molecule has 1 heterocycles. The van der Waals surface area contributed by atoms with Crippen LogP contribution in [0.25, 0.3) is 0 Å². The molecule has 2 rings (SSSR count). The molecule has 0 fully saturated rings. The number of nitrogens with one attached hydrogen (secondary N) is 1. The molecule has 6 nitrogen and oxygen atoms in total. The summed E-state index contributed by atoms with van der Waals surface area (Å²) in [7, 11) is -2.05. The first-order valence-electron chi connectivity index (χ1n) is 6.45. The minimum atomic E-state index is -3.65. The second-order valence-corrected chi connectivity index (χ2v) is 6.95. The van der Waals surface area contributed by atoms with Crippen LogP contribution in [-0.2, 0) is 17.1 Å². The zero-order valence-electron chi connectivity index (χ0n) is 11.8. The molecule has 9 heteroatoms. The number of hydrogen-bond donors (Lipinski definition) is 1. The van der Waals surface area contributed by atoms with Gasteiger partial charge in [0.2, 0.25) is 5.16 Å². The molecule has 0 radical (unpaired) electrons. The third-order valence-electron chi connectivity index (χ3n) is 2.82. The van der Waals surface area contributed by atoms with E-state index in [-0.39, 0.29) is 17.5 Å². The Morgan fingerprint density at radius 3 is 2.64 bits per heavy atom. The van der Waals surface area contributed by atoms with Crippen molar-refractivity contribution in [2.75, 3.05) is 13.2 Å². The molecule has 0 aliphatic carbocycles. The van der Waals surface area contributed by atoms with Gasteiger partial charge in [-0.1, -0.05) is 0 Å². The van der Waals surface area contributed by atoms with E-state index in [4.69, 9.17) is 4.74 Å². The predicted molar refractivity (Wildman–Crippen MR) is 82.6 cm³/mol. The largest absolute Gasteiger partial charge is 0.494 e. The van der Waals surface area contributed by atoms with Crippen LogP contribution in [-0.4, -0.2) is 31.1 Å². The van der Waals surface area contributed by atoms with Crippen LogP contribution in [0.15, 0.2) is 40.2 Å². The van der Waals surface area contributed by atoms with Crippen LogP contribution in [0.1, 0.15) is 6.42 Å². The lowest BCUT2D eigenvalue weighted by Crippen LogP contribution is -2.28. The molecule has 1 aromatic carbocycles. The maximum atomic E-state index is 12.7. The summed E-state index contributed by atoms with van der Waals surface area (Å²) in [6.07, 6.45) is 1.90. The Morgan fingerprint density at radius 1 is 1.36 bits per heavy atom. The minimum absolute atomic E-state index is 0.0566. The molecule has 1 aromatic heterocycles. The maximum Gasteiger partial charge on any atom is 0.274 e. The molecule has 0 amide bonds. The highest BCUT2D eigenvalue weighted by Crippen LogP contribution is 2.14. The Kier molecular flexibility index (Phi) is 5.54. The van der Waals surface area contributed by atoms with Gasteiger partial charge in [-0.2, -0.15) is 0 Å². The highest BCUT2D eigenvalue weighted by molar-refractivity contribution is 9.10. The Hall–Kier alpha value is -1.45. The van der Waals surface area contributed by atoms with Gasteiger partial charge in [0.05, 0.1) is 12.8 Å². The quantitative estimate of drug-likeness (QED) is 0.733. The van der Waals surface area contributed by atoms with Crippen LogP contribution >= 0.6 is 15.9 Å². The Labute approximate surface area is 136 Å². The molecule has 0 spiro atoms. The fourth-order valence-electron chi connectivity index (χ4n) is 1.69. The van der Waals surface area contributed by atoms with Crippen molar-refractivity contribution in [3.8, 4) is 5.75 Å². The van der Waals surface area contributed by atoms with Gasteiger partial charge in [0, 0.05) is 13.6 Å². The fraction of sp³-hybridized carbons (Fsp3) is 0.308. The molecule has 0 aliphatic rings. The summed E-state index contributed by atoms with van der Waals surface area (Å²) in [6, 6.07) is 5.64. The van der Waals surface area contributed by atoms with Gasteiger partial charge in [-0.25, -0.2) is 22.5 Å². The zero-order chi connectivity index (χ0) is 16.2. The van der Waals surface area contributed by atoms with Gasteiger partial charge >= 0.3 is 0 Å². The molecule has 0 saturated heterocycles. The van der Waals surface area contributed by atoms with E-state index in [0.717, 1.165) is 0 Å². The molecule has 0 unspecified atom stereocenters. The van der Waals surface area contributed by atoms with E-state index in [1.807, 2.05) is 0 Å². The summed E-state index contributed by atoms with van der Waals surface area (Å²) >= 11 is 3.19. The van der Waals surface area contributed by atoms with Gasteiger partial charge in [-0.05, 0) is 46.6 Å². The maximum absolute atomic E-state index is 12.7. The van der Waals surface area contributed by atoms with Crippen molar-refractivity contribution in [2.45, 2.75) is 11.6 Å². The van der Waals surface area contributed by atoms with Gasteiger partial charge in [-0.3, -0.25) is 0 Å². The first-order valence-corrected chi connectivity index (χ1v) is 8.73. The summed E-state index contributed by atoms with van der Waals surface area (Å²) < 4.78 is 46.6. The Bertz CT molecular complexity index is 731. The molecular formula is C13H15BrFN3O3S. The van der Waals surface area contributed by atoms with Crippen LogP contribution in [0.5, 0.6) is 5.75 Å². The van der Waals surface area contributed by atoms with Crippen LogP contribution < -0.4 is 9.46 Å². The number of ether oxygens (including phenoxy) is 1. The third kappa shape index (κ3) is 4.28. The van der Waals surface area contributed by atoms with Gasteiger partial charge in [-0.15, -0.1) is 0 Å². The summed E-state index contributed by atoms with van der Waals surface area (Å²) in [5.74, 6) is 0.207. The molecule has 22 heavy (non-hydrogen) atoms.